The van der Waals surface area contributed by atoms with Crippen LogP contribution in [0, 0.1) is 0 Å². The molecule has 1 aliphatic rings. The zero-order chi connectivity index (χ0) is 18.8. The summed E-state index contributed by atoms with van der Waals surface area (Å²) in [4.78, 5) is 4.02. The molecule has 2 unspecified atom stereocenters. The molecule has 0 bridgehead atoms. The molecule has 0 N–H and O–H groups in total. The van der Waals surface area contributed by atoms with E-state index in [2.05, 4.69) is 33.4 Å². The first-order chi connectivity index (χ1) is 13.2. The van der Waals surface area contributed by atoms with E-state index in [0.29, 0.717) is 16.5 Å². The number of rotatable bonds is 4. The molecule has 0 radical (unpaired) electrons. The van der Waals surface area contributed by atoms with Crippen LogP contribution in [-0.4, -0.2) is 12.1 Å². The molecule has 4 rings (SSSR count). The van der Waals surface area contributed by atoms with Gasteiger partial charge in [0.05, 0.1) is 17.2 Å². The molecule has 0 saturated heterocycles. The van der Waals surface area contributed by atoms with Crippen molar-refractivity contribution in [3.8, 4) is 5.75 Å². The Bertz CT molecular complexity index is 972. The average molecular weight is 398 g/mol. The summed E-state index contributed by atoms with van der Waals surface area (Å²) in [5.41, 5.74) is 4.11. The van der Waals surface area contributed by atoms with Crippen molar-refractivity contribution in [2.24, 2.45) is 10.2 Å². The Morgan fingerprint density at radius 2 is 1.67 bits per heavy atom. The summed E-state index contributed by atoms with van der Waals surface area (Å²) in [7, 11) is 1.66. The van der Waals surface area contributed by atoms with Crippen molar-refractivity contribution in [3.63, 3.8) is 0 Å². The minimum atomic E-state index is -0.164. The van der Waals surface area contributed by atoms with Gasteiger partial charge in [-0.25, -0.2) is 0 Å². The summed E-state index contributed by atoms with van der Waals surface area (Å²) >= 11 is 12.6. The number of benzene rings is 2. The van der Waals surface area contributed by atoms with Crippen LogP contribution in [0.1, 0.15) is 34.3 Å². The van der Waals surface area contributed by atoms with Gasteiger partial charge in [0.1, 0.15) is 17.8 Å². The third-order valence-electron chi connectivity index (χ3n) is 4.73. The van der Waals surface area contributed by atoms with Gasteiger partial charge in [0.25, 0.3) is 0 Å². The number of pyridine rings is 1. The standard InChI is InChI=1S/C21H17Cl2N3O/c1-27-14-7-8-15-16(9-14)21(13-5-3-2-4-6-13)26-25-20(15)10-17-18(22)11-24-12-19(17)23/h2-9,11-12,20-21H,10H2,1H3. The highest BCUT2D eigenvalue weighted by atomic mass is 35.5. The fourth-order valence-electron chi connectivity index (χ4n) is 3.35. The predicted molar refractivity (Wildman–Crippen MR) is 107 cm³/mol. The van der Waals surface area contributed by atoms with Crippen molar-refractivity contribution in [1.82, 2.24) is 4.98 Å². The van der Waals surface area contributed by atoms with E-state index in [1.54, 1.807) is 19.5 Å². The van der Waals surface area contributed by atoms with E-state index in [0.717, 1.165) is 28.0 Å². The number of halogens is 2. The Morgan fingerprint density at radius 3 is 2.37 bits per heavy atom. The van der Waals surface area contributed by atoms with E-state index < -0.39 is 0 Å². The lowest BCUT2D eigenvalue weighted by molar-refractivity contribution is 0.413. The number of nitrogens with zero attached hydrogens (tertiary/aromatic N) is 3. The third-order valence-corrected chi connectivity index (χ3v) is 5.39. The van der Waals surface area contributed by atoms with Crippen molar-refractivity contribution >= 4 is 23.2 Å². The van der Waals surface area contributed by atoms with Gasteiger partial charge in [0.2, 0.25) is 0 Å². The largest absolute Gasteiger partial charge is 0.497 e. The summed E-state index contributed by atoms with van der Waals surface area (Å²) in [6.45, 7) is 0. The van der Waals surface area contributed by atoms with Crippen LogP contribution in [0.15, 0.2) is 71.2 Å². The van der Waals surface area contributed by atoms with Crippen LogP contribution in [0.5, 0.6) is 5.75 Å². The van der Waals surface area contributed by atoms with Crippen molar-refractivity contribution in [2.75, 3.05) is 7.11 Å². The lowest BCUT2D eigenvalue weighted by atomic mass is 9.88. The molecule has 3 aromatic rings. The van der Waals surface area contributed by atoms with Gasteiger partial charge in [-0.05, 0) is 34.4 Å². The summed E-state index contributed by atoms with van der Waals surface area (Å²) in [6, 6.07) is 15.8. The first-order valence-corrected chi connectivity index (χ1v) is 9.33. The Hall–Kier alpha value is -2.43. The van der Waals surface area contributed by atoms with Crippen LogP contribution in [0.4, 0.5) is 0 Å². The topological polar surface area (TPSA) is 46.8 Å². The van der Waals surface area contributed by atoms with E-state index in [1.165, 1.54) is 0 Å². The SMILES string of the molecule is COc1ccc2c(c1)C(c1ccccc1)N=NC2Cc1c(Cl)cncc1Cl. The highest BCUT2D eigenvalue weighted by Crippen LogP contribution is 2.42. The van der Waals surface area contributed by atoms with Crippen molar-refractivity contribution < 1.29 is 4.74 Å². The Kier molecular flexibility index (Phi) is 5.10. The summed E-state index contributed by atoms with van der Waals surface area (Å²) < 4.78 is 5.43. The second kappa shape index (κ2) is 7.67. The van der Waals surface area contributed by atoms with Crippen LogP contribution in [0.25, 0.3) is 0 Å². The number of fused-ring (bicyclic) bond motifs is 1. The quantitative estimate of drug-likeness (QED) is 0.523. The van der Waals surface area contributed by atoms with E-state index in [-0.39, 0.29) is 12.1 Å². The molecular weight excluding hydrogens is 381 g/mol. The molecule has 0 spiro atoms. The van der Waals surface area contributed by atoms with E-state index in [4.69, 9.17) is 27.9 Å². The van der Waals surface area contributed by atoms with Gasteiger partial charge in [-0.2, -0.15) is 10.2 Å². The van der Waals surface area contributed by atoms with Crippen LogP contribution in [-0.2, 0) is 6.42 Å². The molecule has 1 aliphatic heterocycles. The number of aromatic nitrogens is 1. The van der Waals surface area contributed by atoms with Gasteiger partial charge in [-0.3, -0.25) is 4.98 Å². The fraction of sp³-hybridized carbons (Fsp3) is 0.190. The highest BCUT2D eigenvalue weighted by Gasteiger charge is 2.28. The van der Waals surface area contributed by atoms with Crippen LogP contribution in [0.3, 0.4) is 0 Å². The fourth-order valence-corrected chi connectivity index (χ4v) is 3.87. The van der Waals surface area contributed by atoms with Gasteiger partial charge < -0.3 is 4.74 Å². The maximum absolute atomic E-state index is 6.31. The van der Waals surface area contributed by atoms with Gasteiger partial charge in [0, 0.05) is 18.8 Å². The number of hydrogen-bond donors (Lipinski definition) is 0. The molecular formula is C21H17Cl2N3O. The number of methoxy groups -OCH3 is 1. The highest BCUT2D eigenvalue weighted by molar-refractivity contribution is 6.35. The molecule has 2 aromatic carbocycles. The molecule has 1 aromatic heterocycles. The smallest absolute Gasteiger partial charge is 0.121 e. The maximum atomic E-state index is 6.31. The predicted octanol–water partition coefficient (Wildman–Crippen LogP) is 6.24. The molecule has 0 aliphatic carbocycles. The first kappa shape index (κ1) is 18.0. The van der Waals surface area contributed by atoms with Gasteiger partial charge in [-0.15, -0.1) is 0 Å². The molecule has 0 fully saturated rings. The maximum Gasteiger partial charge on any atom is 0.121 e. The van der Waals surface area contributed by atoms with Crippen LogP contribution in [0.2, 0.25) is 10.0 Å². The van der Waals surface area contributed by atoms with Gasteiger partial charge in [0.15, 0.2) is 0 Å². The van der Waals surface area contributed by atoms with E-state index in [1.807, 2.05) is 30.3 Å². The monoisotopic (exact) mass is 397 g/mol. The van der Waals surface area contributed by atoms with Gasteiger partial charge >= 0.3 is 0 Å². The van der Waals surface area contributed by atoms with Crippen molar-refractivity contribution in [2.45, 2.75) is 18.5 Å². The first-order valence-electron chi connectivity index (χ1n) is 8.58. The van der Waals surface area contributed by atoms with Crippen molar-refractivity contribution in [1.29, 1.82) is 0 Å². The Morgan fingerprint density at radius 1 is 0.926 bits per heavy atom. The summed E-state index contributed by atoms with van der Waals surface area (Å²) in [6.07, 6.45) is 3.76. The molecule has 27 heavy (non-hydrogen) atoms. The zero-order valence-electron chi connectivity index (χ0n) is 14.6. The lowest BCUT2D eigenvalue weighted by Crippen LogP contribution is -2.13. The third kappa shape index (κ3) is 3.55. The second-order valence-electron chi connectivity index (χ2n) is 6.34. The second-order valence-corrected chi connectivity index (χ2v) is 7.16. The van der Waals surface area contributed by atoms with E-state index in [9.17, 15) is 0 Å². The molecule has 2 heterocycles. The normalized spacial score (nSPS) is 18.2. The summed E-state index contributed by atoms with van der Waals surface area (Å²) in [5, 5.41) is 10.3. The number of azo groups is 1. The molecule has 2 atom stereocenters. The number of ether oxygens (including phenoxy) is 1. The Balaban J connectivity index is 1.77. The zero-order valence-corrected chi connectivity index (χ0v) is 16.2. The molecule has 4 nitrogen and oxygen atoms in total. The average Bonchev–Trinajstić information content (AvgIpc) is 2.71. The van der Waals surface area contributed by atoms with Crippen LogP contribution >= 0.6 is 23.2 Å². The van der Waals surface area contributed by atoms with Crippen LogP contribution < -0.4 is 4.74 Å². The number of hydrogen-bond acceptors (Lipinski definition) is 4. The van der Waals surface area contributed by atoms with E-state index >= 15 is 0 Å². The Labute approximate surface area is 167 Å². The molecule has 6 heteroatoms. The minimum Gasteiger partial charge on any atom is -0.497 e. The molecule has 0 saturated carbocycles. The molecule has 136 valence electrons. The minimum absolute atomic E-state index is 0.157. The van der Waals surface area contributed by atoms with Crippen molar-refractivity contribution in [3.05, 3.63) is 93.2 Å². The molecule has 0 amide bonds. The summed E-state index contributed by atoms with van der Waals surface area (Å²) in [5.74, 6) is 0.797. The lowest BCUT2D eigenvalue weighted by Gasteiger charge is -2.26. The van der Waals surface area contributed by atoms with Gasteiger partial charge in [-0.1, -0.05) is 59.6 Å².